The van der Waals surface area contributed by atoms with Gasteiger partial charge >= 0.3 is 0 Å². The largest absolute Gasteiger partial charge is 0.497 e. The second kappa shape index (κ2) is 7.01. The summed E-state index contributed by atoms with van der Waals surface area (Å²) in [5.41, 5.74) is 0.821. The maximum absolute atomic E-state index is 12.9. The van der Waals surface area contributed by atoms with Crippen LogP contribution < -0.4 is 9.64 Å². The Morgan fingerprint density at radius 1 is 1.35 bits per heavy atom. The van der Waals surface area contributed by atoms with E-state index in [1.807, 2.05) is 30.5 Å². The molecule has 132 valence electrons. The van der Waals surface area contributed by atoms with Gasteiger partial charge in [-0.2, -0.15) is 5.10 Å². The third-order valence-electron chi connectivity index (χ3n) is 3.90. The fourth-order valence-electron chi connectivity index (χ4n) is 2.59. The van der Waals surface area contributed by atoms with Crippen LogP contribution in [-0.4, -0.2) is 34.3 Å². The Hall–Kier alpha value is -3.13. The fraction of sp³-hybridized carbons (Fsp3) is 0.167. The standard InChI is InChI=1S/C18H16N4O3S/c1-24-13-5-6-14-16(12-13)26-18(20-14)22(10-9-21-8-3-7-19-21)17(23)15-4-2-11-25-15/h2-8,11-12H,9-10H2,1H3. The number of fused-ring (bicyclic) bond motifs is 1. The molecule has 0 atom stereocenters. The zero-order valence-electron chi connectivity index (χ0n) is 14.0. The minimum Gasteiger partial charge on any atom is -0.497 e. The first-order valence-corrected chi connectivity index (χ1v) is 8.83. The molecular weight excluding hydrogens is 352 g/mol. The molecule has 0 saturated heterocycles. The van der Waals surface area contributed by atoms with Crippen molar-refractivity contribution in [3.63, 3.8) is 0 Å². The summed E-state index contributed by atoms with van der Waals surface area (Å²) in [6, 6.07) is 10.9. The number of hydrogen-bond donors (Lipinski definition) is 0. The molecule has 26 heavy (non-hydrogen) atoms. The number of hydrogen-bond acceptors (Lipinski definition) is 6. The van der Waals surface area contributed by atoms with Crippen LogP contribution in [0.4, 0.5) is 5.13 Å². The molecule has 0 spiro atoms. The van der Waals surface area contributed by atoms with Gasteiger partial charge in [-0.05, 0) is 36.4 Å². The van der Waals surface area contributed by atoms with Crippen LogP contribution >= 0.6 is 11.3 Å². The molecular formula is C18H16N4O3S. The van der Waals surface area contributed by atoms with E-state index < -0.39 is 0 Å². The van der Waals surface area contributed by atoms with Gasteiger partial charge in [-0.1, -0.05) is 11.3 Å². The van der Waals surface area contributed by atoms with Crippen molar-refractivity contribution in [3.8, 4) is 5.75 Å². The van der Waals surface area contributed by atoms with Gasteiger partial charge in [-0.25, -0.2) is 4.98 Å². The van der Waals surface area contributed by atoms with Crippen LogP contribution in [0.3, 0.4) is 0 Å². The summed E-state index contributed by atoms with van der Waals surface area (Å²) in [6.07, 6.45) is 5.06. The number of anilines is 1. The summed E-state index contributed by atoms with van der Waals surface area (Å²) in [5.74, 6) is 0.809. The molecule has 0 fully saturated rings. The number of benzene rings is 1. The van der Waals surface area contributed by atoms with Crippen molar-refractivity contribution in [2.75, 3.05) is 18.6 Å². The Labute approximate surface area is 153 Å². The van der Waals surface area contributed by atoms with E-state index in [1.165, 1.54) is 17.6 Å². The van der Waals surface area contributed by atoms with Crippen LogP contribution in [0, 0.1) is 0 Å². The van der Waals surface area contributed by atoms with Gasteiger partial charge in [0.25, 0.3) is 5.91 Å². The monoisotopic (exact) mass is 368 g/mol. The molecule has 7 nitrogen and oxygen atoms in total. The second-order valence-electron chi connectivity index (χ2n) is 5.53. The van der Waals surface area contributed by atoms with Gasteiger partial charge in [0.15, 0.2) is 10.9 Å². The molecule has 1 aromatic carbocycles. The van der Waals surface area contributed by atoms with Crippen molar-refractivity contribution in [2.24, 2.45) is 0 Å². The minimum absolute atomic E-state index is 0.229. The summed E-state index contributed by atoms with van der Waals surface area (Å²) in [7, 11) is 1.62. The highest BCUT2D eigenvalue weighted by Gasteiger charge is 2.23. The van der Waals surface area contributed by atoms with Crippen LogP contribution in [0.25, 0.3) is 10.2 Å². The first-order chi connectivity index (χ1) is 12.7. The Kier molecular flexibility index (Phi) is 4.40. The van der Waals surface area contributed by atoms with Gasteiger partial charge in [-0.15, -0.1) is 0 Å². The minimum atomic E-state index is -0.229. The van der Waals surface area contributed by atoms with E-state index in [9.17, 15) is 4.79 Å². The number of ether oxygens (including phenoxy) is 1. The van der Waals surface area contributed by atoms with E-state index >= 15 is 0 Å². The molecule has 0 aliphatic carbocycles. The van der Waals surface area contributed by atoms with E-state index in [2.05, 4.69) is 10.1 Å². The highest BCUT2D eigenvalue weighted by molar-refractivity contribution is 7.22. The summed E-state index contributed by atoms with van der Waals surface area (Å²) in [5, 5.41) is 4.80. The van der Waals surface area contributed by atoms with Crippen LogP contribution in [0.15, 0.2) is 59.5 Å². The predicted octanol–water partition coefficient (Wildman–Crippen LogP) is 3.44. The lowest BCUT2D eigenvalue weighted by atomic mass is 10.3. The van der Waals surface area contributed by atoms with Gasteiger partial charge in [0.1, 0.15) is 5.75 Å². The maximum Gasteiger partial charge on any atom is 0.295 e. The third kappa shape index (κ3) is 3.18. The average Bonchev–Trinajstić information content (AvgIpc) is 3.41. The molecule has 4 aromatic rings. The molecule has 0 saturated carbocycles. The Morgan fingerprint density at radius 2 is 2.27 bits per heavy atom. The smallest absolute Gasteiger partial charge is 0.295 e. The van der Waals surface area contributed by atoms with E-state index in [1.54, 1.807) is 35.0 Å². The molecule has 3 aromatic heterocycles. The molecule has 0 radical (unpaired) electrons. The lowest BCUT2D eigenvalue weighted by Crippen LogP contribution is -2.33. The number of methoxy groups -OCH3 is 1. The van der Waals surface area contributed by atoms with Crippen molar-refractivity contribution in [3.05, 3.63) is 60.8 Å². The maximum atomic E-state index is 12.9. The summed E-state index contributed by atoms with van der Waals surface area (Å²) >= 11 is 1.44. The zero-order chi connectivity index (χ0) is 17.9. The fourth-order valence-corrected chi connectivity index (χ4v) is 3.61. The second-order valence-corrected chi connectivity index (χ2v) is 6.54. The van der Waals surface area contributed by atoms with Crippen LogP contribution in [0.1, 0.15) is 10.6 Å². The van der Waals surface area contributed by atoms with Crippen LogP contribution in [-0.2, 0) is 6.54 Å². The molecule has 0 N–H and O–H groups in total. The third-order valence-corrected chi connectivity index (χ3v) is 4.95. The first kappa shape index (κ1) is 16.3. The van der Waals surface area contributed by atoms with Gasteiger partial charge in [-0.3, -0.25) is 14.4 Å². The molecule has 0 unspecified atom stereocenters. The number of amides is 1. The van der Waals surface area contributed by atoms with Crippen LogP contribution in [0.5, 0.6) is 5.75 Å². The van der Waals surface area contributed by atoms with Crippen molar-refractivity contribution in [1.82, 2.24) is 14.8 Å². The molecule has 8 heteroatoms. The van der Waals surface area contributed by atoms with Crippen molar-refractivity contribution >= 4 is 32.6 Å². The summed E-state index contributed by atoms with van der Waals surface area (Å²) in [6.45, 7) is 0.983. The highest BCUT2D eigenvalue weighted by atomic mass is 32.1. The van der Waals surface area contributed by atoms with E-state index in [0.29, 0.717) is 18.2 Å². The first-order valence-electron chi connectivity index (χ1n) is 8.02. The number of carbonyl (C=O) groups excluding carboxylic acids is 1. The van der Waals surface area contributed by atoms with Gasteiger partial charge in [0.2, 0.25) is 0 Å². The van der Waals surface area contributed by atoms with Gasteiger partial charge < -0.3 is 9.15 Å². The number of thiazole rings is 1. The van der Waals surface area contributed by atoms with Gasteiger partial charge in [0, 0.05) is 18.9 Å². The number of rotatable bonds is 6. The number of furan rings is 1. The van der Waals surface area contributed by atoms with E-state index in [0.717, 1.165) is 16.0 Å². The Balaban J connectivity index is 1.68. The number of carbonyl (C=O) groups is 1. The topological polar surface area (TPSA) is 73.4 Å². The van der Waals surface area contributed by atoms with Crippen molar-refractivity contribution < 1.29 is 13.9 Å². The SMILES string of the molecule is COc1ccc2nc(N(CCn3cccn3)C(=O)c3ccco3)sc2c1. The summed E-state index contributed by atoms with van der Waals surface area (Å²) < 4.78 is 13.3. The number of nitrogens with zero attached hydrogens (tertiary/aromatic N) is 4. The molecule has 4 rings (SSSR count). The highest BCUT2D eigenvalue weighted by Crippen LogP contribution is 2.32. The van der Waals surface area contributed by atoms with E-state index in [-0.39, 0.29) is 11.7 Å². The normalized spacial score (nSPS) is 11.0. The predicted molar refractivity (Wildman–Crippen MR) is 98.8 cm³/mol. The molecule has 0 aliphatic rings. The average molecular weight is 368 g/mol. The summed E-state index contributed by atoms with van der Waals surface area (Å²) in [4.78, 5) is 19.1. The van der Waals surface area contributed by atoms with Crippen molar-refractivity contribution in [2.45, 2.75) is 6.54 Å². The molecule has 0 aliphatic heterocycles. The molecule has 1 amide bonds. The van der Waals surface area contributed by atoms with E-state index in [4.69, 9.17) is 9.15 Å². The zero-order valence-corrected chi connectivity index (χ0v) is 14.8. The van der Waals surface area contributed by atoms with Crippen molar-refractivity contribution in [1.29, 1.82) is 0 Å². The Bertz CT molecular complexity index is 1010. The van der Waals surface area contributed by atoms with Crippen LogP contribution in [0.2, 0.25) is 0 Å². The lowest BCUT2D eigenvalue weighted by molar-refractivity contribution is 0.0959. The lowest BCUT2D eigenvalue weighted by Gasteiger charge is -2.18. The Morgan fingerprint density at radius 3 is 3.00 bits per heavy atom. The quantitative estimate of drug-likeness (QED) is 0.521. The number of aromatic nitrogens is 3. The molecule has 0 bridgehead atoms. The van der Waals surface area contributed by atoms with Gasteiger partial charge in [0.05, 0.1) is 30.1 Å². The molecule has 3 heterocycles.